The van der Waals surface area contributed by atoms with Crippen LogP contribution in [0.5, 0.6) is 0 Å². The zero-order valence-electron chi connectivity index (χ0n) is 20.2. The van der Waals surface area contributed by atoms with Crippen molar-refractivity contribution in [3.63, 3.8) is 0 Å². The molecule has 2 N–H and O–H groups in total. The fourth-order valence-corrected chi connectivity index (χ4v) is 4.27. The van der Waals surface area contributed by atoms with E-state index in [1.807, 2.05) is 6.92 Å². The van der Waals surface area contributed by atoms with Gasteiger partial charge in [0.25, 0.3) is 0 Å². The van der Waals surface area contributed by atoms with Gasteiger partial charge in [0, 0.05) is 25.7 Å². The van der Waals surface area contributed by atoms with Gasteiger partial charge in [-0.3, -0.25) is 4.90 Å². The number of piperidine rings is 1. The van der Waals surface area contributed by atoms with Crippen LogP contribution >= 0.6 is 11.6 Å². The SMILES string of the molecule is CCOC(=O)c1cc(C(F)(F)F)c(CN2CCCC(N(CC)C(=O)OC(C)(C)C)C2)c(Cl)c1N. The van der Waals surface area contributed by atoms with E-state index in [9.17, 15) is 22.8 Å². The standard InChI is InChI=1S/C23H33ClF3N3O4/c1-6-30(21(32)34-22(3,4)5)14-9-8-10-29(12-14)13-16-17(23(25,26)27)11-15(19(28)18(16)24)20(31)33-7-2/h11,14H,6-10,12-13,28H2,1-5H3. The van der Waals surface area contributed by atoms with Gasteiger partial charge in [-0.15, -0.1) is 0 Å². The predicted octanol–water partition coefficient (Wildman–Crippen LogP) is 5.34. The minimum Gasteiger partial charge on any atom is -0.462 e. The van der Waals surface area contributed by atoms with Gasteiger partial charge in [-0.2, -0.15) is 13.2 Å². The third kappa shape index (κ3) is 6.91. The molecule has 1 aliphatic heterocycles. The number of nitrogens with two attached hydrogens (primary N) is 1. The van der Waals surface area contributed by atoms with Crippen molar-refractivity contribution in [2.24, 2.45) is 0 Å². The number of likely N-dealkylation sites (tertiary alicyclic amines) is 1. The van der Waals surface area contributed by atoms with E-state index in [4.69, 9.17) is 26.8 Å². The number of carbonyl (C=O) groups is 2. The third-order valence-corrected chi connectivity index (χ3v) is 5.91. The van der Waals surface area contributed by atoms with Gasteiger partial charge in [0.1, 0.15) is 5.60 Å². The zero-order chi connectivity index (χ0) is 25.8. The minimum atomic E-state index is -4.75. The number of hydrogen-bond acceptors (Lipinski definition) is 6. The fourth-order valence-electron chi connectivity index (χ4n) is 4.00. The summed E-state index contributed by atoms with van der Waals surface area (Å²) in [4.78, 5) is 28.2. The lowest BCUT2D eigenvalue weighted by molar-refractivity contribution is -0.138. The molecule has 0 radical (unpaired) electrons. The van der Waals surface area contributed by atoms with E-state index >= 15 is 0 Å². The van der Waals surface area contributed by atoms with Crippen molar-refractivity contribution in [3.05, 3.63) is 27.8 Å². The van der Waals surface area contributed by atoms with Crippen LogP contribution in [-0.2, 0) is 22.2 Å². The first kappa shape index (κ1) is 28.0. The van der Waals surface area contributed by atoms with Crippen molar-refractivity contribution in [1.82, 2.24) is 9.80 Å². The highest BCUT2D eigenvalue weighted by atomic mass is 35.5. The Balaban J connectivity index is 2.34. The van der Waals surface area contributed by atoms with Crippen LogP contribution in [0.15, 0.2) is 6.07 Å². The van der Waals surface area contributed by atoms with E-state index < -0.39 is 35.0 Å². The van der Waals surface area contributed by atoms with Crippen molar-refractivity contribution < 1.29 is 32.2 Å². The maximum absolute atomic E-state index is 13.9. The highest BCUT2D eigenvalue weighted by Crippen LogP contribution is 2.40. The smallest absolute Gasteiger partial charge is 0.416 e. The molecule has 0 saturated carbocycles. The molecule has 1 saturated heterocycles. The molecule has 1 fully saturated rings. The third-order valence-electron chi connectivity index (χ3n) is 5.48. The fraction of sp³-hybridized carbons (Fsp3) is 0.652. The number of amides is 1. The lowest BCUT2D eigenvalue weighted by Crippen LogP contribution is -2.51. The quantitative estimate of drug-likeness (QED) is 0.413. The molecule has 1 amide bonds. The van der Waals surface area contributed by atoms with E-state index in [0.29, 0.717) is 38.5 Å². The average Bonchev–Trinajstić information content (AvgIpc) is 2.70. The molecule has 1 aromatic rings. The van der Waals surface area contributed by atoms with Gasteiger partial charge in [0.15, 0.2) is 0 Å². The second-order valence-electron chi connectivity index (χ2n) is 9.19. The van der Waals surface area contributed by atoms with Gasteiger partial charge >= 0.3 is 18.2 Å². The summed E-state index contributed by atoms with van der Waals surface area (Å²) in [6.07, 6.45) is -3.83. The zero-order valence-corrected chi connectivity index (χ0v) is 21.0. The highest BCUT2D eigenvalue weighted by Gasteiger charge is 2.38. The second-order valence-corrected chi connectivity index (χ2v) is 9.57. The van der Waals surface area contributed by atoms with E-state index in [0.717, 1.165) is 0 Å². The van der Waals surface area contributed by atoms with Crippen LogP contribution in [0.3, 0.4) is 0 Å². The number of ether oxygens (including phenoxy) is 2. The molecule has 1 unspecified atom stereocenters. The number of carbonyl (C=O) groups excluding carboxylic acids is 2. The first-order chi connectivity index (χ1) is 15.7. The molecule has 7 nitrogen and oxygen atoms in total. The molecule has 0 spiro atoms. The Morgan fingerprint density at radius 3 is 2.44 bits per heavy atom. The summed E-state index contributed by atoms with van der Waals surface area (Å²) in [5.74, 6) is -0.965. The number of halogens is 4. The van der Waals surface area contributed by atoms with Gasteiger partial charge < -0.3 is 20.1 Å². The molecular formula is C23H33ClF3N3O4. The Morgan fingerprint density at radius 1 is 1.26 bits per heavy atom. The highest BCUT2D eigenvalue weighted by molar-refractivity contribution is 6.34. The molecule has 0 aliphatic carbocycles. The Labute approximate surface area is 203 Å². The Bertz CT molecular complexity index is 903. The molecule has 0 bridgehead atoms. The molecule has 1 aliphatic rings. The van der Waals surface area contributed by atoms with Gasteiger partial charge in [0.2, 0.25) is 0 Å². The monoisotopic (exact) mass is 507 g/mol. The van der Waals surface area contributed by atoms with E-state index in [1.54, 1.807) is 37.5 Å². The molecule has 1 aromatic carbocycles. The van der Waals surface area contributed by atoms with Gasteiger partial charge in [0.05, 0.1) is 28.4 Å². The minimum absolute atomic E-state index is 0.0141. The molecule has 1 heterocycles. The normalized spacial score (nSPS) is 17.4. The topological polar surface area (TPSA) is 85.1 Å². The number of rotatable bonds is 6. The van der Waals surface area contributed by atoms with Crippen molar-refractivity contribution in [2.75, 3.05) is 32.0 Å². The average molecular weight is 508 g/mol. The lowest BCUT2D eigenvalue weighted by Gasteiger charge is -2.39. The number of nitrogens with zero attached hydrogens (tertiary/aromatic N) is 2. The van der Waals surface area contributed by atoms with Crippen molar-refractivity contribution in [3.8, 4) is 0 Å². The molecular weight excluding hydrogens is 475 g/mol. The van der Waals surface area contributed by atoms with Crippen LogP contribution in [0.25, 0.3) is 0 Å². The van der Waals surface area contributed by atoms with Crippen LogP contribution in [0.2, 0.25) is 5.02 Å². The molecule has 2 rings (SSSR count). The van der Waals surface area contributed by atoms with E-state index in [2.05, 4.69) is 0 Å². The molecule has 34 heavy (non-hydrogen) atoms. The van der Waals surface area contributed by atoms with Crippen molar-refractivity contribution in [2.45, 2.75) is 71.8 Å². The van der Waals surface area contributed by atoms with Crippen LogP contribution in [0.1, 0.15) is 68.9 Å². The number of benzene rings is 1. The Hall–Kier alpha value is -2.20. The number of anilines is 1. The maximum atomic E-state index is 13.9. The molecule has 192 valence electrons. The summed E-state index contributed by atoms with van der Waals surface area (Å²) in [5, 5.41) is -0.320. The summed E-state index contributed by atoms with van der Waals surface area (Å²) in [5.41, 5.74) is 3.38. The summed E-state index contributed by atoms with van der Waals surface area (Å²) in [7, 11) is 0. The van der Waals surface area contributed by atoms with Gasteiger partial charge in [-0.25, -0.2) is 9.59 Å². The maximum Gasteiger partial charge on any atom is 0.416 e. The summed E-state index contributed by atoms with van der Waals surface area (Å²) in [6, 6.07) is 0.479. The van der Waals surface area contributed by atoms with E-state index in [-0.39, 0.29) is 35.5 Å². The first-order valence-electron chi connectivity index (χ1n) is 11.3. The molecule has 1 atom stereocenters. The number of alkyl halides is 3. The van der Waals surface area contributed by atoms with Crippen molar-refractivity contribution in [1.29, 1.82) is 0 Å². The Morgan fingerprint density at radius 2 is 1.91 bits per heavy atom. The summed E-state index contributed by atoms with van der Waals surface area (Å²) < 4.78 is 52.1. The number of hydrogen-bond donors (Lipinski definition) is 1. The number of esters is 1. The second kappa shape index (κ2) is 11.0. The van der Waals surface area contributed by atoms with Gasteiger partial charge in [-0.05, 0) is 65.6 Å². The lowest BCUT2D eigenvalue weighted by atomic mass is 9.98. The largest absolute Gasteiger partial charge is 0.462 e. The number of likely N-dealkylation sites (N-methyl/N-ethyl adjacent to an activating group) is 1. The van der Waals surface area contributed by atoms with Crippen LogP contribution < -0.4 is 5.73 Å². The first-order valence-corrected chi connectivity index (χ1v) is 11.6. The van der Waals surface area contributed by atoms with E-state index in [1.165, 1.54) is 0 Å². The molecule has 11 heteroatoms. The van der Waals surface area contributed by atoms with Crippen molar-refractivity contribution >= 4 is 29.4 Å². The van der Waals surface area contributed by atoms with Gasteiger partial charge in [-0.1, -0.05) is 11.6 Å². The predicted molar refractivity (Wildman–Crippen MR) is 124 cm³/mol. The number of nitrogen functional groups attached to an aromatic ring is 1. The summed E-state index contributed by atoms with van der Waals surface area (Å²) in [6.45, 7) is 9.82. The van der Waals surface area contributed by atoms with Crippen LogP contribution in [0.4, 0.5) is 23.7 Å². The van der Waals surface area contributed by atoms with Crippen LogP contribution in [0, 0.1) is 0 Å². The Kier molecular flexibility index (Phi) is 9.10. The van der Waals surface area contributed by atoms with Crippen LogP contribution in [-0.4, -0.2) is 59.7 Å². The molecule has 0 aromatic heterocycles. The summed E-state index contributed by atoms with van der Waals surface area (Å²) >= 11 is 6.28.